The van der Waals surface area contributed by atoms with E-state index in [9.17, 15) is 18.0 Å². The number of carbonyl (C=O) groups is 1. The summed E-state index contributed by atoms with van der Waals surface area (Å²) in [7, 11) is 1.62. The topological polar surface area (TPSA) is 56.7 Å². The maximum Gasteiger partial charge on any atom is 0.243 e. The molecule has 2 rings (SSSR count). The average Bonchev–Trinajstić information content (AvgIpc) is 2.55. The molecule has 1 aromatic rings. The largest absolute Gasteiger partial charge is 0.347 e. The number of hydrogen-bond donors (Lipinski definition) is 2. The number of carbonyl (C=O) groups excluding carboxylic acids is 1. The number of thioether (sulfide) groups is 1. The molecule has 1 aliphatic rings. The van der Waals surface area contributed by atoms with Gasteiger partial charge in [0.1, 0.15) is 0 Å². The summed E-state index contributed by atoms with van der Waals surface area (Å²) < 4.78 is 39.7. The Hall–Kier alpha value is -1.90. The van der Waals surface area contributed by atoms with E-state index >= 15 is 0 Å². The molecule has 0 aromatic heterocycles. The maximum atomic E-state index is 13.6. The van der Waals surface area contributed by atoms with Crippen LogP contribution < -0.4 is 10.6 Å². The highest BCUT2D eigenvalue weighted by Crippen LogP contribution is 2.29. The Morgan fingerprint density at radius 3 is 2.68 bits per heavy atom. The molecule has 9 heteroatoms. The Morgan fingerprint density at radius 1 is 1.32 bits per heavy atom. The fourth-order valence-electron chi connectivity index (χ4n) is 2.51. The number of anilines is 1. The van der Waals surface area contributed by atoms with E-state index in [1.54, 1.807) is 7.05 Å². The van der Waals surface area contributed by atoms with Crippen molar-refractivity contribution in [1.82, 2.24) is 10.2 Å². The third-order valence-corrected chi connectivity index (χ3v) is 4.95. The first-order chi connectivity index (χ1) is 11.7. The maximum absolute atomic E-state index is 13.6. The number of hydrogen-bond acceptors (Lipinski definition) is 3. The van der Waals surface area contributed by atoms with Crippen LogP contribution in [0.2, 0.25) is 0 Å². The molecule has 1 fully saturated rings. The molecule has 0 radical (unpaired) electrons. The van der Waals surface area contributed by atoms with E-state index in [1.807, 2.05) is 16.7 Å². The Balaban J connectivity index is 1.93. The second-order valence-electron chi connectivity index (χ2n) is 6.20. The molecule has 0 saturated carbocycles. The first-order valence-corrected chi connectivity index (χ1v) is 8.75. The number of amides is 1. The van der Waals surface area contributed by atoms with Crippen LogP contribution in [-0.4, -0.2) is 53.9 Å². The zero-order valence-electron chi connectivity index (χ0n) is 14.3. The predicted octanol–water partition coefficient (Wildman–Crippen LogP) is 2.45. The van der Waals surface area contributed by atoms with Gasteiger partial charge in [0.25, 0.3) is 0 Å². The molecule has 1 heterocycles. The lowest BCUT2D eigenvalue weighted by Gasteiger charge is -2.39. The van der Waals surface area contributed by atoms with Gasteiger partial charge in [0, 0.05) is 30.6 Å². The molecule has 0 unspecified atom stereocenters. The van der Waals surface area contributed by atoms with E-state index < -0.39 is 29.0 Å². The lowest BCUT2D eigenvalue weighted by atomic mass is 10.2. The summed E-state index contributed by atoms with van der Waals surface area (Å²) in [4.78, 5) is 18.2. The summed E-state index contributed by atoms with van der Waals surface area (Å²) in [5.74, 6) is -3.42. The summed E-state index contributed by atoms with van der Waals surface area (Å²) in [6.45, 7) is 5.67. The standard InChI is InChI=1S/C16H21F3N4OS/c1-16(2)9-23(6-7-25-16)15(20-3)21-8-12(24)22-11-5-4-10(17)13(18)14(11)19/h4-5H,6-9H2,1-3H3,(H,20,21)(H,22,24). The van der Waals surface area contributed by atoms with Gasteiger partial charge in [-0.2, -0.15) is 11.8 Å². The molecule has 25 heavy (non-hydrogen) atoms. The van der Waals surface area contributed by atoms with Crippen LogP contribution in [0.1, 0.15) is 13.8 Å². The molecule has 138 valence electrons. The van der Waals surface area contributed by atoms with E-state index in [0.717, 1.165) is 31.0 Å². The van der Waals surface area contributed by atoms with Crippen LogP contribution in [0, 0.1) is 17.5 Å². The predicted molar refractivity (Wildman–Crippen MR) is 94.4 cm³/mol. The van der Waals surface area contributed by atoms with Crippen molar-refractivity contribution in [2.45, 2.75) is 18.6 Å². The van der Waals surface area contributed by atoms with Crippen LogP contribution in [-0.2, 0) is 4.79 Å². The second kappa shape index (κ2) is 7.99. The van der Waals surface area contributed by atoms with Gasteiger partial charge < -0.3 is 15.5 Å². The van der Waals surface area contributed by atoms with Crippen molar-refractivity contribution in [2.24, 2.45) is 4.99 Å². The van der Waals surface area contributed by atoms with Crippen LogP contribution in [0.4, 0.5) is 18.9 Å². The van der Waals surface area contributed by atoms with Crippen molar-refractivity contribution in [2.75, 3.05) is 37.8 Å². The van der Waals surface area contributed by atoms with Gasteiger partial charge in [-0.3, -0.25) is 9.79 Å². The molecule has 5 nitrogen and oxygen atoms in total. The number of nitrogens with one attached hydrogen (secondary N) is 2. The number of aliphatic imine (C=N–C) groups is 1. The van der Waals surface area contributed by atoms with Crippen molar-refractivity contribution in [3.05, 3.63) is 29.6 Å². The Labute approximate surface area is 149 Å². The summed E-state index contributed by atoms with van der Waals surface area (Å²) in [6, 6.07) is 1.73. The zero-order chi connectivity index (χ0) is 18.6. The summed E-state index contributed by atoms with van der Waals surface area (Å²) >= 11 is 1.87. The van der Waals surface area contributed by atoms with Crippen LogP contribution in [0.15, 0.2) is 17.1 Å². The Kier molecular flexibility index (Phi) is 6.21. The number of benzene rings is 1. The molecule has 0 spiro atoms. The first kappa shape index (κ1) is 19.4. The summed E-state index contributed by atoms with van der Waals surface area (Å²) in [5.41, 5.74) is -0.406. The SMILES string of the molecule is CN=C(NCC(=O)Nc1ccc(F)c(F)c1F)N1CCSC(C)(C)C1. The molecule has 2 N–H and O–H groups in total. The number of nitrogens with zero attached hydrogens (tertiary/aromatic N) is 2. The summed E-state index contributed by atoms with van der Waals surface area (Å²) in [6.07, 6.45) is 0. The van der Waals surface area contributed by atoms with E-state index in [1.165, 1.54) is 0 Å². The minimum Gasteiger partial charge on any atom is -0.347 e. The van der Waals surface area contributed by atoms with Gasteiger partial charge in [-0.15, -0.1) is 0 Å². The molecule has 0 atom stereocenters. The Morgan fingerprint density at radius 2 is 2.04 bits per heavy atom. The average molecular weight is 374 g/mol. The quantitative estimate of drug-likeness (QED) is 0.485. The van der Waals surface area contributed by atoms with Crippen molar-refractivity contribution >= 4 is 29.3 Å². The molecule has 0 aliphatic carbocycles. The van der Waals surface area contributed by atoms with Crippen LogP contribution >= 0.6 is 11.8 Å². The summed E-state index contributed by atoms with van der Waals surface area (Å²) in [5, 5.41) is 5.12. The fourth-order valence-corrected chi connectivity index (χ4v) is 3.62. The van der Waals surface area contributed by atoms with Crippen LogP contribution in [0.3, 0.4) is 0 Å². The number of guanidine groups is 1. The van der Waals surface area contributed by atoms with E-state index in [-0.39, 0.29) is 11.3 Å². The molecular weight excluding hydrogens is 353 g/mol. The van der Waals surface area contributed by atoms with Gasteiger partial charge >= 0.3 is 0 Å². The van der Waals surface area contributed by atoms with Crippen LogP contribution in [0.25, 0.3) is 0 Å². The Bertz CT molecular complexity index is 682. The van der Waals surface area contributed by atoms with Gasteiger partial charge in [0.05, 0.1) is 12.2 Å². The third-order valence-electron chi connectivity index (χ3n) is 3.65. The molecule has 1 saturated heterocycles. The van der Waals surface area contributed by atoms with Crippen LogP contribution in [0.5, 0.6) is 0 Å². The molecule has 1 amide bonds. The highest BCUT2D eigenvalue weighted by Gasteiger charge is 2.28. The van der Waals surface area contributed by atoms with Crippen molar-refractivity contribution < 1.29 is 18.0 Å². The minimum atomic E-state index is -1.62. The number of halogens is 3. The van der Waals surface area contributed by atoms with Gasteiger partial charge in [0.15, 0.2) is 23.4 Å². The number of rotatable bonds is 3. The smallest absolute Gasteiger partial charge is 0.243 e. The van der Waals surface area contributed by atoms with Crippen molar-refractivity contribution in [3.8, 4) is 0 Å². The zero-order valence-corrected chi connectivity index (χ0v) is 15.1. The third kappa shape index (κ3) is 5.04. The van der Waals surface area contributed by atoms with Crippen molar-refractivity contribution in [1.29, 1.82) is 0 Å². The molecular formula is C16H21F3N4OS. The van der Waals surface area contributed by atoms with E-state index in [2.05, 4.69) is 29.5 Å². The van der Waals surface area contributed by atoms with Gasteiger partial charge in [-0.1, -0.05) is 0 Å². The monoisotopic (exact) mass is 374 g/mol. The molecule has 0 bridgehead atoms. The highest BCUT2D eigenvalue weighted by atomic mass is 32.2. The van der Waals surface area contributed by atoms with E-state index in [4.69, 9.17) is 0 Å². The van der Waals surface area contributed by atoms with Crippen molar-refractivity contribution in [3.63, 3.8) is 0 Å². The normalized spacial score (nSPS) is 17.4. The minimum absolute atomic E-state index is 0.0763. The lowest BCUT2D eigenvalue weighted by molar-refractivity contribution is -0.115. The second-order valence-corrected chi connectivity index (χ2v) is 8.00. The van der Waals surface area contributed by atoms with E-state index in [0.29, 0.717) is 5.96 Å². The first-order valence-electron chi connectivity index (χ1n) is 7.76. The van der Waals surface area contributed by atoms with Gasteiger partial charge in [-0.05, 0) is 26.0 Å². The highest BCUT2D eigenvalue weighted by molar-refractivity contribution is 8.00. The molecule has 1 aliphatic heterocycles. The molecule has 1 aromatic carbocycles. The fraction of sp³-hybridized carbons (Fsp3) is 0.500. The van der Waals surface area contributed by atoms with Gasteiger partial charge in [-0.25, -0.2) is 13.2 Å². The lowest BCUT2D eigenvalue weighted by Crippen LogP contribution is -2.52. The van der Waals surface area contributed by atoms with Gasteiger partial charge in [0.2, 0.25) is 5.91 Å².